The lowest BCUT2D eigenvalue weighted by Gasteiger charge is -2.18. The van der Waals surface area contributed by atoms with Gasteiger partial charge in [0, 0.05) is 17.9 Å². The van der Waals surface area contributed by atoms with Crippen LogP contribution in [0.4, 0.5) is 0 Å². The zero-order valence-corrected chi connectivity index (χ0v) is 9.45. The Morgan fingerprint density at radius 2 is 2.19 bits per heavy atom. The molecule has 84 valence electrons. The van der Waals surface area contributed by atoms with E-state index in [1.165, 1.54) is 0 Å². The van der Waals surface area contributed by atoms with E-state index in [9.17, 15) is 9.59 Å². The zero-order valence-electron chi connectivity index (χ0n) is 9.45. The predicted octanol–water partition coefficient (Wildman–Crippen LogP) is 1.88. The lowest BCUT2D eigenvalue weighted by atomic mass is 9.93. The van der Waals surface area contributed by atoms with Crippen molar-refractivity contribution in [1.82, 2.24) is 0 Å². The van der Waals surface area contributed by atoms with Gasteiger partial charge in [0.05, 0.1) is 0 Å². The summed E-state index contributed by atoms with van der Waals surface area (Å²) in [6, 6.07) is 5.63. The molecule has 1 aliphatic rings. The molecule has 0 bridgehead atoms. The van der Waals surface area contributed by atoms with Gasteiger partial charge in [-0.1, -0.05) is 19.1 Å². The highest BCUT2D eigenvalue weighted by Crippen LogP contribution is 2.27. The van der Waals surface area contributed by atoms with E-state index in [0.717, 1.165) is 16.9 Å². The zero-order chi connectivity index (χ0) is 11.7. The highest BCUT2D eigenvalue weighted by Gasteiger charge is 2.19. The van der Waals surface area contributed by atoms with Crippen molar-refractivity contribution < 1.29 is 14.3 Å². The van der Waals surface area contributed by atoms with E-state index in [-0.39, 0.29) is 24.1 Å². The van der Waals surface area contributed by atoms with Crippen LogP contribution < -0.4 is 4.74 Å². The minimum Gasteiger partial charge on any atom is -0.486 e. The smallest absolute Gasteiger partial charge is 0.174 e. The van der Waals surface area contributed by atoms with Gasteiger partial charge in [0.1, 0.15) is 18.1 Å². The quantitative estimate of drug-likeness (QED) is 0.761. The lowest BCUT2D eigenvalue weighted by Crippen LogP contribution is -2.20. The van der Waals surface area contributed by atoms with Crippen LogP contribution in [-0.4, -0.2) is 18.2 Å². The van der Waals surface area contributed by atoms with E-state index in [1.54, 1.807) is 6.92 Å². The van der Waals surface area contributed by atoms with Gasteiger partial charge < -0.3 is 4.74 Å². The van der Waals surface area contributed by atoms with Crippen molar-refractivity contribution in [3.63, 3.8) is 0 Å². The van der Waals surface area contributed by atoms with Crippen LogP contribution >= 0.6 is 0 Å². The molecule has 0 saturated heterocycles. The molecule has 0 aromatic heterocycles. The Kier molecular flexibility index (Phi) is 2.77. The highest BCUT2D eigenvalue weighted by molar-refractivity contribution is 5.85. The maximum absolute atomic E-state index is 11.3. The third-order valence-corrected chi connectivity index (χ3v) is 2.97. The second-order valence-electron chi connectivity index (χ2n) is 4.20. The van der Waals surface area contributed by atoms with Crippen LogP contribution in [-0.2, 0) is 16.0 Å². The minimum atomic E-state index is -0.123. The van der Waals surface area contributed by atoms with E-state index >= 15 is 0 Å². The summed E-state index contributed by atoms with van der Waals surface area (Å²) in [6.45, 7) is 3.61. The maximum atomic E-state index is 11.3. The second kappa shape index (κ2) is 4.08. The van der Waals surface area contributed by atoms with Crippen molar-refractivity contribution in [2.24, 2.45) is 0 Å². The summed E-state index contributed by atoms with van der Waals surface area (Å²) in [7, 11) is 0. The van der Waals surface area contributed by atoms with Crippen LogP contribution in [0.2, 0.25) is 0 Å². The molecule has 3 heteroatoms. The summed E-state index contributed by atoms with van der Waals surface area (Å²) in [4.78, 5) is 22.5. The summed E-state index contributed by atoms with van der Waals surface area (Å²) in [6.07, 6.45) is 0.411. The summed E-state index contributed by atoms with van der Waals surface area (Å²) >= 11 is 0. The Hall–Kier alpha value is -1.64. The molecule has 1 aromatic carbocycles. The fourth-order valence-corrected chi connectivity index (χ4v) is 1.80. The van der Waals surface area contributed by atoms with Gasteiger partial charge in [0.15, 0.2) is 5.78 Å². The molecule has 0 fully saturated rings. The number of hydrogen-bond acceptors (Lipinski definition) is 3. The molecule has 0 spiro atoms. The molecule has 0 aliphatic carbocycles. The normalized spacial score (nSPS) is 16.2. The average Bonchev–Trinajstić information content (AvgIpc) is 2.26. The first kappa shape index (κ1) is 10.9. The van der Waals surface area contributed by atoms with Crippen LogP contribution in [0.5, 0.6) is 5.75 Å². The minimum absolute atomic E-state index is 0.0835. The van der Waals surface area contributed by atoms with Crippen molar-refractivity contribution in [3.8, 4) is 5.75 Å². The van der Waals surface area contributed by atoms with Gasteiger partial charge in [-0.2, -0.15) is 0 Å². The molecule has 3 nitrogen and oxygen atoms in total. The van der Waals surface area contributed by atoms with E-state index in [2.05, 4.69) is 0 Å². The van der Waals surface area contributed by atoms with Gasteiger partial charge in [0.2, 0.25) is 0 Å². The second-order valence-corrected chi connectivity index (χ2v) is 4.20. The predicted molar refractivity (Wildman–Crippen MR) is 59.7 cm³/mol. The lowest BCUT2D eigenvalue weighted by molar-refractivity contribution is -0.121. The number of ketones is 2. The van der Waals surface area contributed by atoms with Crippen LogP contribution in [0.1, 0.15) is 30.9 Å². The average molecular weight is 218 g/mol. The highest BCUT2D eigenvalue weighted by atomic mass is 16.5. The molecule has 0 amide bonds. The van der Waals surface area contributed by atoms with Gasteiger partial charge in [-0.15, -0.1) is 0 Å². The van der Waals surface area contributed by atoms with Crippen LogP contribution in [0, 0.1) is 0 Å². The van der Waals surface area contributed by atoms with Crippen molar-refractivity contribution in [2.45, 2.75) is 26.2 Å². The molecule has 1 atom stereocenters. The number of carbonyl (C=O) groups is 2. The molecule has 0 N–H and O–H groups in total. The van der Waals surface area contributed by atoms with Crippen molar-refractivity contribution in [3.05, 3.63) is 29.3 Å². The van der Waals surface area contributed by atoms with Crippen LogP contribution in [0.25, 0.3) is 0 Å². The van der Waals surface area contributed by atoms with Gasteiger partial charge >= 0.3 is 0 Å². The standard InChI is InChI=1S/C13H14O3/c1-8(9(2)14)10-3-4-13-11(5-10)6-12(15)7-16-13/h3-5,8H,6-7H2,1-2H3. The van der Waals surface area contributed by atoms with E-state index in [0.29, 0.717) is 6.42 Å². The monoisotopic (exact) mass is 218 g/mol. The van der Waals surface area contributed by atoms with Gasteiger partial charge in [-0.25, -0.2) is 0 Å². The summed E-state index contributed by atoms with van der Waals surface area (Å²) in [5.74, 6) is 0.851. The van der Waals surface area contributed by atoms with Crippen LogP contribution in [0.15, 0.2) is 18.2 Å². The van der Waals surface area contributed by atoms with Crippen molar-refractivity contribution in [2.75, 3.05) is 6.61 Å². The van der Waals surface area contributed by atoms with Gasteiger partial charge in [0.25, 0.3) is 0 Å². The fourth-order valence-electron chi connectivity index (χ4n) is 1.80. The Morgan fingerprint density at radius 3 is 2.88 bits per heavy atom. The molecule has 2 rings (SSSR count). The molecule has 16 heavy (non-hydrogen) atoms. The number of carbonyl (C=O) groups excluding carboxylic acids is 2. The largest absolute Gasteiger partial charge is 0.486 e. The number of ether oxygens (including phenoxy) is 1. The first-order chi connectivity index (χ1) is 7.58. The third-order valence-electron chi connectivity index (χ3n) is 2.97. The number of rotatable bonds is 2. The molecule has 0 radical (unpaired) electrons. The Morgan fingerprint density at radius 1 is 1.44 bits per heavy atom. The van der Waals surface area contributed by atoms with Crippen LogP contribution in [0.3, 0.4) is 0 Å². The Bertz CT molecular complexity index is 448. The number of hydrogen-bond donors (Lipinski definition) is 0. The number of benzene rings is 1. The topological polar surface area (TPSA) is 43.4 Å². The molecule has 1 aromatic rings. The fraction of sp³-hybridized carbons (Fsp3) is 0.385. The molecular formula is C13H14O3. The first-order valence-electron chi connectivity index (χ1n) is 5.35. The van der Waals surface area contributed by atoms with E-state index in [4.69, 9.17) is 4.74 Å². The van der Waals surface area contributed by atoms with Crippen molar-refractivity contribution in [1.29, 1.82) is 0 Å². The molecule has 1 aliphatic heterocycles. The summed E-state index contributed by atoms with van der Waals surface area (Å²) < 4.78 is 5.30. The maximum Gasteiger partial charge on any atom is 0.174 e. The third kappa shape index (κ3) is 1.98. The molecule has 0 saturated carbocycles. The summed E-state index contributed by atoms with van der Waals surface area (Å²) in [5, 5.41) is 0. The van der Waals surface area contributed by atoms with Gasteiger partial charge in [-0.3, -0.25) is 9.59 Å². The van der Waals surface area contributed by atoms with Gasteiger partial charge in [-0.05, 0) is 18.6 Å². The Balaban J connectivity index is 2.34. The SMILES string of the molecule is CC(=O)C(C)c1ccc2c(c1)CC(=O)CO2. The molecule has 1 unspecified atom stereocenters. The van der Waals surface area contributed by atoms with E-state index < -0.39 is 0 Å². The number of fused-ring (bicyclic) bond motifs is 1. The molecule has 1 heterocycles. The Labute approximate surface area is 94.4 Å². The van der Waals surface area contributed by atoms with E-state index in [1.807, 2.05) is 25.1 Å². The summed E-state index contributed by atoms with van der Waals surface area (Å²) in [5.41, 5.74) is 1.84. The number of Topliss-reactive ketones (excluding diaryl/α,β-unsaturated/α-hetero) is 2. The first-order valence-corrected chi connectivity index (χ1v) is 5.35. The van der Waals surface area contributed by atoms with Crippen molar-refractivity contribution >= 4 is 11.6 Å². The molecular weight excluding hydrogens is 204 g/mol.